The summed E-state index contributed by atoms with van der Waals surface area (Å²) in [5.74, 6) is 0.0791. The maximum atomic E-state index is 12.7. The Hall–Kier alpha value is -1.81. The van der Waals surface area contributed by atoms with E-state index in [0.29, 0.717) is 18.4 Å². The van der Waals surface area contributed by atoms with Gasteiger partial charge in [-0.3, -0.25) is 4.79 Å². The lowest BCUT2D eigenvalue weighted by Crippen LogP contribution is -2.37. The predicted molar refractivity (Wildman–Crippen MR) is 82.6 cm³/mol. The number of hydrogen-bond acceptors (Lipinski definition) is 2. The maximum Gasteiger partial charge on any atom is 0.254 e. The quantitative estimate of drug-likeness (QED) is 0.812. The lowest BCUT2D eigenvalue weighted by molar-refractivity contribution is 0.0729. The molecule has 4 nitrogen and oxygen atoms in total. The minimum atomic E-state index is 0.0791. The number of imidazole rings is 1. The van der Waals surface area contributed by atoms with Gasteiger partial charge in [-0.25, -0.2) is 4.98 Å². The van der Waals surface area contributed by atoms with Crippen LogP contribution in [0.4, 0.5) is 0 Å². The Morgan fingerprint density at radius 3 is 2.81 bits per heavy atom. The summed E-state index contributed by atoms with van der Waals surface area (Å²) in [6.45, 7) is 5.27. The largest absolute Gasteiger partial charge is 0.332 e. The molecule has 0 aliphatic carbocycles. The molecule has 21 heavy (non-hydrogen) atoms. The van der Waals surface area contributed by atoms with Gasteiger partial charge in [0, 0.05) is 25.6 Å². The molecule has 0 radical (unpaired) electrons. The zero-order valence-corrected chi connectivity index (χ0v) is 13.2. The highest BCUT2D eigenvalue weighted by atomic mass is 35.5. The monoisotopic (exact) mass is 303 g/mol. The van der Waals surface area contributed by atoms with Gasteiger partial charge in [0.25, 0.3) is 5.91 Å². The van der Waals surface area contributed by atoms with Crippen LogP contribution in [0, 0.1) is 13.8 Å². The van der Waals surface area contributed by atoms with Crippen LogP contribution in [0.25, 0.3) is 0 Å². The molecule has 1 amide bonds. The Morgan fingerprint density at radius 2 is 2.10 bits per heavy atom. The molecule has 0 saturated carbocycles. The number of aromatic nitrogens is 2. The minimum Gasteiger partial charge on any atom is -0.332 e. The fourth-order valence-electron chi connectivity index (χ4n) is 2.85. The van der Waals surface area contributed by atoms with E-state index in [1.165, 1.54) is 5.56 Å². The van der Waals surface area contributed by atoms with E-state index in [1.54, 1.807) is 0 Å². The molecule has 0 bridgehead atoms. The summed E-state index contributed by atoms with van der Waals surface area (Å²) in [5.41, 5.74) is 5.01. The van der Waals surface area contributed by atoms with Crippen molar-refractivity contribution in [2.75, 3.05) is 6.54 Å². The van der Waals surface area contributed by atoms with E-state index < -0.39 is 0 Å². The van der Waals surface area contributed by atoms with Crippen LogP contribution in [0.2, 0.25) is 5.28 Å². The molecule has 0 atom stereocenters. The summed E-state index contributed by atoms with van der Waals surface area (Å²) in [5, 5.41) is 0.487. The summed E-state index contributed by atoms with van der Waals surface area (Å²) >= 11 is 6.06. The number of carbonyl (C=O) groups is 1. The van der Waals surface area contributed by atoms with Gasteiger partial charge in [-0.05, 0) is 37.1 Å². The minimum absolute atomic E-state index is 0.0791. The molecule has 0 saturated heterocycles. The van der Waals surface area contributed by atoms with E-state index in [2.05, 4.69) is 4.98 Å². The zero-order valence-electron chi connectivity index (χ0n) is 12.5. The molecule has 0 fully saturated rings. The van der Waals surface area contributed by atoms with Gasteiger partial charge >= 0.3 is 0 Å². The highest BCUT2D eigenvalue weighted by Crippen LogP contribution is 2.23. The van der Waals surface area contributed by atoms with Crippen LogP contribution in [0.15, 0.2) is 18.2 Å². The summed E-state index contributed by atoms with van der Waals surface area (Å²) in [6, 6.07) is 5.94. The van der Waals surface area contributed by atoms with Gasteiger partial charge in [-0.2, -0.15) is 0 Å². The van der Waals surface area contributed by atoms with Crippen molar-refractivity contribution in [1.82, 2.24) is 14.5 Å². The first kappa shape index (κ1) is 14.1. The molecule has 110 valence electrons. The van der Waals surface area contributed by atoms with Crippen molar-refractivity contribution in [1.29, 1.82) is 0 Å². The maximum absolute atomic E-state index is 12.7. The van der Waals surface area contributed by atoms with Crippen molar-refractivity contribution in [3.05, 3.63) is 51.6 Å². The van der Waals surface area contributed by atoms with Crippen LogP contribution >= 0.6 is 11.6 Å². The second-order valence-electron chi connectivity index (χ2n) is 5.63. The van der Waals surface area contributed by atoms with Gasteiger partial charge in [0.1, 0.15) is 0 Å². The summed E-state index contributed by atoms with van der Waals surface area (Å²) < 4.78 is 1.86. The molecule has 3 rings (SSSR count). The standard InChI is InChI=1S/C16H18ClN3O/c1-10-4-5-12(11(2)8-10)15(21)20-7-6-13-14(9-20)19(3)16(17)18-13/h4-5,8H,6-7,9H2,1-3H3. The Kier molecular flexibility index (Phi) is 3.49. The molecular formula is C16H18ClN3O. The van der Waals surface area contributed by atoms with Crippen molar-refractivity contribution in [2.24, 2.45) is 7.05 Å². The van der Waals surface area contributed by atoms with Gasteiger partial charge in [0.15, 0.2) is 0 Å². The third-order valence-electron chi connectivity index (χ3n) is 4.10. The summed E-state index contributed by atoms with van der Waals surface area (Å²) in [7, 11) is 1.89. The predicted octanol–water partition coefficient (Wildman–Crippen LogP) is 2.89. The van der Waals surface area contributed by atoms with Crippen LogP contribution in [-0.4, -0.2) is 26.9 Å². The van der Waals surface area contributed by atoms with Crippen molar-refractivity contribution in [3.63, 3.8) is 0 Å². The lowest BCUT2D eigenvalue weighted by atomic mass is 10.0. The SMILES string of the molecule is Cc1ccc(C(=O)N2CCc3nc(Cl)n(C)c3C2)c(C)c1. The third-order valence-corrected chi connectivity index (χ3v) is 4.44. The molecular weight excluding hydrogens is 286 g/mol. The van der Waals surface area contributed by atoms with Crippen molar-refractivity contribution >= 4 is 17.5 Å². The number of halogens is 1. The molecule has 1 aliphatic heterocycles. The molecule has 1 aromatic heterocycles. The van der Waals surface area contributed by atoms with Crippen molar-refractivity contribution in [2.45, 2.75) is 26.8 Å². The van der Waals surface area contributed by atoms with Gasteiger partial charge in [0.05, 0.1) is 17.9 Å². The topological polar surface area (TPSA) is 38.1 Å². The van der Waals surface area contributed by atoms with Gasteiger partial charge in [-0.1, -0.05) is 17.7 Å². The molecule has 2 aromatic rings. The van der Waals surface area contributed by atoms with E-state index >= 15 is 0 Å². The Morgan fingerprint density at radius 1 is 1.33 bits per heavy atom. The zero-order chi connectivity index (χ0) is 15.1. The number of amides is 1. The van der Waals surface area contributed by atoms with E-state index in [4.69, 9.17) is 11.6 Å². The third kappa shape index (κ3) is 2.44. The molecule has 0 N–H and O–H groups in total. The first-order valence-corrected chi connectivity index (χ1v) is 7.41. The lowest BCUT2D eigenvalue weighted by Gasteiger charge is -2.27. The fraction of sp³-hybridized carbons (Fsp3) is 0.375. The fourth-order valence-corrected chi connectivity index (χ4v) is 3.06. The first-order chi connectivity index (χ1) is 9.97. The van der Waals surface area contributed by atoms with Crippen molar-refractivity contribution < 1.29 is 4.79 Å². The summed E-state index contributed by atoms with van der Waals surface area (Å²) in [4.78, 5) is 18.9. The molecule has 1 aliphatic rings. The number of aryl methyl sites for hydroxylation is 2. The van der Waals surface area contributed by atoms with Crippen LogP contribution in [0.3, 0.4) is 0 Å². The van der Waals surface area contributed by atoms with E-state index in [0.717, 1.165) is 28.9 Å². The molecule has 1 aromatic carbocycles. The second kappa shape index (κ2) is 5.19. The Balaban J connectivity index is 1.88. The molecule has 5 heteroatoms. The van der Waals surface area contributed by atoms with Gasteiger partial charge in [0.2, 0.25) is 5.28 Å². The highest BCUT2D eigenvalue weighted by molar-refractivity contribution is 6.28. The smallest absolute Gasteiger partial charge is 0.254 e. The van der Waals surface area contributed by atoms with E-state index in [1.807, 2.05) is 48.6 Å². The highest BCUT2D eigenvalue weighted by Gasteiger charge is 2.26. The number of benzene rings is 1. The molecule has 2 heterocycles. The van der Waals surface area contributed by atoms with Crippen LogP contribution in [0.1, 0.15) is 32.9 Å². The average molecular weight is 304 g/mol. The molecule has 0 unspecified atom stereocenters. The Bertz CT molecular complexity index is 721. The summed E-state index contributed by atoms with van der Waals surface area (Å²) in [6.07, 6.45) is 0.756. The second-order valence-corrected chi connectivity index (χ2v) is 5.97. The molecule has 0 spiro atoms. The van der Waals surface area contributed by atoms with E-state index in [-0.39, 0.29) is 5.91 Å². The first-order valence-electron chi connectivity index (χ1n) is 7.04. The van der Waals surface area contributed by atoms with Gasteiger partial charge < -0.3 is 9.47 Å². The number of hydrogen-bond donors (Lipinski definition) is 0. The van der Waals surface area contributed by atoms with Crippen LogP contribution < -0.4 is 0 Å². The van der Waals surface area contributed by atoms with E-state index in [9.17, 15) is 4.79 Å². The normalized spacial score (nSPS) is 14.2. The average Bonchev–Trinajstić information content (AvgIpc) is 2.73. The van der Waals surface area contributed by atoms with Crippen LogP contribution in [-0.2, 0) is 20.0 Å². The Labute approximate surface area is 129 Å². The van der Waals surface area contributed by atoms with Crippen LogP contribution in [0.5, 0.6) is 0 Å². The van der Waals surface area contributed by atoms with Crippen molar-refractivity contribution in [3.8, 4) is 0 Å². The number of nitrogens with zero attached hydrogens (tertiary/aromatic N) is 3. The number of fused-ring (bicyclic) bond motifs is 1. The number of carbonyl (C=O) groups excluding carboxylic acids is 1. The number of rotatable bonds is 1. The van der Waals surface area contributed by atoms with Gasteiger partial charge in [-0.15, -0.1) is 0 Å².